The van der Waals surface area contributed by atoms with Crippen LogP contribution in [0.2, 0.25) is 0 Å². The molecular formula is C11H12BrN3O4. The summed E-state index contributed by atoms with van der Waals surface area (Å²) < 4.78 is 0.437. The SMILES string of the molecule is CNC(=O)CN(C)C(=O)c1cc([N+](=O)[O-])ccc1Br. The van der Waals surface area contributed by atoms with E-state index in [-0.39, 0.29) is 23.7 Å². The van der Waals surface area contributed by atoms with Gasteiger partial charge in [0.15, 0.2) is 0 Å². The first kappa shape index (κ1) is 15.1. The number of halogens is 1. The summed E-state index contributed by atoms with van der Waals surface area (Å²) in [5.74, 6) is -0.795. The van der Waals surface area contributed by atoms with Crippen molar-refractivity contribution in [2.75, 3.05) is 20.6 Å². The van der Waals surface area contributed by atoms with Crippen LogP contribution in [0.3, 0.4) is 0 Å². The lowest BCUT2D eigenvalue weighted by molar-refractivity contribution is -0.384. The number of nitrogens with zero attached hydrogens (tertiary/aromatic N) is 2. The summed E-state index contributed by atoms with van der Waals surface area (Å²) in [7, 11) is 2.91. The third-order valence-electron chi connectivity index (χ3n) is 2.40. The summed E-state index contributed by atoms with van der Waals surface area (Å²) >= 11 is 3.16. The minimum Gasteiger partial charge on any atom is -0.358 e. The molecule has 102 valence electrons. The normalized spacial score (nSPS) is 9.84. The molecule has 1 aromatic rings. The van der Waals surface area contributed by atoms with Gasteiger partial charge in [0.1, 0.15) is 0 Å². The van der Waals surface area contributed by atoms with Crippen LogP contribution in [-0.2, 0) is 4.79 Å². The van der Waals surface area contributed by atoms with Gasteiger partial charge in [0.25, 0.3) is 11.6 Å². The highest BCUT2D eigenvalue weighted by Gasteiger charge is 2.19. The first-order valence-corrected chi connectivity index (χ1v) is 6.06. The summed E-state index contributed by atoms with van der Waals surface area (Å²) in [6.07, 6.45) is 0. The number of rotatable bonds is 4. The molecule has 0 spiro atoms. The fourth-order valence-electron chi connectivity index (χ4n) is 1.36. The molecule has 0 unspecified atom stereocenters. The van der Waals surface area contributed by atoms with E-state index in [0.717, 1.165) is 0 Å². The van der Waals surface area contributed by atoms with Crippen LogP contribution < -0.4 is 5.32 Å². The molecule has 1 rings (SSSR count). The Balaban J connectivity index is 3.01. The number of hydrogen-bond acceptors (Lipinski definition) is 4. The summed E-state index contributed by atoms with van der Waals surface area (Å²) in [4.78, 5) is 34.6. The lowest BCUT2D eigenvalue weighted by Crippen LogP contribution is -2.37. The number of nitrogens with one attached hydrogen (secondary N) is 1. The van der Waals surface area contributed by atoms with Crippen LogP contribution in [0, 0.1) is 10.1 Å². The van der Waals surface area contributed by atoms with Crippen molar-refractivity contribution in [1.82, 2.24) is 10.2 Å². The number of amides is 2. The summed E-state index contributed by atoms with van der Waals surface area (Å²) in [5.41, 5.74) is -0.0412. The van der Waals surface area contributed by atoms with Gasteiger partial charge in [-0.05, 0) is 22.0 Å². The molecular weight excluding hydrogens is 318 g/mol. The van der Waals surface area contributed by atoms with E-state index in [0.29, 0.717) is 4.47 Å². The predicted molar refractivity (Wildman–Crippen MR) is 71.8 cm³/mol. The number of likely N-dealkylation sites (N-methyl/N-ethyl adjacent to an activating group) is 2. The van der Waals surface area contributed by atoms with Gasteiger partial charge in [-0.1, -0.05) is 0 Å². The lowest BCUT2D eigenvalue weighted by atomic mass is 10.2. The second-order valence-electron chi connectivity index (χ2n) is 3.76. The van der Waals surface area contributed by atoms with E-state index < -0.39 is 10.8 Å². The highest BCUT2D eigenvalue weighted by molar-refractivity contribution is 9.10. The molecule has 2 amide bonds. The van der Waals surface area contributed by atoms with Crippen LogP contribution in [0.5, 0.6) is 0 Å². The van der Waals surface area contributed by atoms with Gasteiger partial charge < -0.3 is 10.2 Å². The van der Waals surface area contributed by atoms with Crippen molar-refractivity contribution in [3.63, 3.8) is 0 Å². The average molecular weight is 330 g/mol. The number of hydrogen-bond donors (Lipinski definition) is 1. The average Bonchev–Trinajstić information content (AvgIpc) is 2.37. The highest BCUT2D eigenvalue weighted by atomic mass is 79.9. The minimum absolute atomic E-state index is 0.121. The Morgan fingerprint density at radius 1 is 1.47 bits per heavy atom. The van der Waals surface area contributed by atoms with Crippen molar-refractivity contribution in [2.24, 2.45) is 0 Å². The summed E-state index contributed by atoms with van der Waals surface area (Å²) in [6, 6.07) is 3.89. The summed E-state index contributed by atoms with van der Waals surface area (Å²) in [6.45, 7) is -0.121. The Hall–Kier alpha value is -1.96. The maximum Gasteiger partial charge on any atom is 0.270 e. The number of nitro benzene ring substituents is 1. The standard InChI is InChI=1S/C11H12BrN3O4/c1-13-10(16)6-14(2)11(17)8-5-7(15(18)19)3-4-9(8)12/h3-5H,6H2,1-2H3,(H,13,16). The van der Waals surface area contributed by atoms with Crippen molar-refractivity contribution >= 4 is 33.4 Å². The van der Waals surface area contributed by atoms with Crippen LogP contribution in [0.15, 0.2) is 22.7 Å². The van der Waals surface area contributed by atoms with Crippen molar-refractivity contribution in [1.29, 1.82) is 0 Å². The monoisotopic (exact) mass is 329 g/mol. The Morgan fingerprint density at radius 2 is 2.11 bits per heavy atom. The lowest BCUT2D eigenvalue weighted by Gasteiger charge is -2.16. The third kappa shape index (κ3) is 3.75. The second-order valence-corrected chi connectivity index (χ2v) is 4.61. The molecule has 0 atom stereocenters. The number of non-ortho nitro benzene ring substituents is 1. The first-order valence-electron chi connectivity index (χ1n) is 5.26. The van der Waals surface area contributed by atoms with E-state index in [1.54, 1.807) is 0 Å². The summed E-state index contributed by atoms with van der Waals surface area (Å²) in [5, 5.41) is 13.1. The van der Waals surface area contributed by atoms with E-state index in [1.165, 1.54) is 37.2 Å². The first-order chi connectivity index (χ1) is 8.86. The van der Waals surface area contributed by atoms with Crippen LogP contribution in [0.4, 0.5) is 5.69 Å². The molecule has 0 radical (unpaired) electrons. The quantitative estimate of drug-likeness (QED) is 0.663. The molecule has 0 saturated carbocycles. The van der Waals surface area contributed by atoms with E-state index >= 15 is 0 Å². The van der Waals surface area contributed by atoms with Gasteiger partial charge in [-0.15, -0.1) is 0 Å². The van der Waals surface area contributed by atoms with Gasteiger partial charge >= 0.3 is 0 Å². The van der Waals surface area contributed by atoms with Gasteiger partial charge in [0.2, 0.25) is 5.91 Å². The molecule has 0 saturated heterocycles. The van der Waals surface area contributed by atoms with Gasteiger partial charge in [0, 0.05) is 30.7 Å². The third-order valence-corrected chi connectivity index (χ3v) is 3.09. The molecule has 0 aliphatic heterocycles. The number of nitro groups is 1. The maximum atomic E-state index is 12.1. The van der Waals surface area contributed by atoms with E-state index in [1.807, 2.05) is 0 Å². The van der Waals surface area contributed by atoms with Crippen molar-refractivity contribution in [3.05, 3.63) is 38.3 Å². The number of benzene rings is 1. The van der Waals surface area contributed by atoms with Crippen LogP contribution >= 0.6 is 15.9 Å². The van der Waals surface area contributed by atoms with Gasteiger partial charge in [-0.25, -0.2) is 0 Å². The topological polar surface area (TPSA) is 92.6 Å². The molecule has 0 bridgehead atoms. The Bertz CT molecular complexity index is 533. The van der Waals surface area contributed by atoms with Crippen LogP contribution in [0.25, 0.3) is 0 Å². The molecule has 0 aliphatic carbocycles. The minimum atomic E-state index is -0.581. The maximum absolute atomic E-state index is 12.1. The number of carbonyl (C=O) groups is 2. The van der Waals surface area contributed by atoms with Crippen molar-refractivity contribution in [2.45, 2.75) is 0 Å². The number of carbonyl (C=O) groups excluding carboxylic acids is 2. The molecule has 1 aromatic carbocycles. The van der Waals surface area contributed by atoms with Crippen molar-refractivity contribution < 1.29 is 14.5 Å². The van der Waals surface area contributed by atoms with Crippen molar-refractivity contribution in [3.8, 4) is 0 Å². The predicted octanol–water partition coefficient (Wildman–Crippen LogP) is 1.18. The second kappa shape index (κ2) is 6.28. The molecule has 7 nitrogen and oxygen atoms in total. The molecule has 0 fully saturated rings. The van der Waals surface area contributed by atoms with Crippen LogP contribution in [0.1, 0.15) is 10.4 Å². The zero-order valence-electron chi connectivity index (χ0n) is 10.3. The van der Waals surface area contributed by atoms with Crippen LogP contribution in [-0.4, -0.2) is 42.3 Å². The Labute approximate surface area is 117 Å². The zero-order valence-corrected chi connectivity index (χ0v) is 11.9. The van der Waals surface area contributed by atoms with E-state index in [2.05, 4.69) is 21.2 Å². The largest absolute Gasteiger partial charge is 0.358 e. The van der Waals surface area contributed by atoms with E-state index in [4.69, 9.17) is 0 Å². The highest BCUT2D eigenvalue weighted by Crippen LogP contribution is 2.23. The van der Waals surface area contributed by atoms with E-state index in [9.17, 15) is 19.7 Å². The van der Waals surface area contributed by atoms with Gasteiger partial charge in [0.05, 0.1) is 17.0 Å². The van der Waals surface area contributed by atoms with Gasteiger partial charge in [-0.3, -0.25) is 19.7 Å². The molecule has 19 heavy (non-hydrogen) atoms. The zero-order chi connectivity index (χ0) is 14.6. The molecule has 8 heteroatoms. The molecule has 1 N–H and O–H groups in total. The van der Waals surface area contributed by atoms with Gasteiger partial charge in [-0.2, -0.15) is 0 Å². The smallest absolute Gasteiger partial charge is 0.270 e. The fourth-order valence-corrected chi connectivity index (χ4v) is 1.78. The Morgan fingerprint density at radius 3 is 2.63 bits per heavy atom. The molecule has 0 aliphatic rings. The molecule has 0 heterocycles. The Kier molecular flexibility index (Phi) is 4.99. The fraction of sp³-hybridized carbons (Fsp3) is 0.273. The molecule has 0 aromatic heterocycles.